The Labute approximate surface area is 192 Å². The van der Waals surface area contributed by atoms with Gasteiger partial charge in [-0.15, -0.1) is 0 Å². The zero-order chi connectivity index (χ0) is 24.3. The van der Waals surface area contributed by atoms with Crippen molar-refractivity contribution in [2.24, 2.45) is 0 Å². The van der Waals surface area contributed by atoms with Gasteiger partial charge in [0.2, 0.25) is 0 Å². The number of methoxy groups -OCH3 is 2. The number of rotatable bonds is 10. The van der Waals surface area contributed by atoms with E-state index in [0.717, 1.165) is 0 Å². The number of aromatic nitrogens is 3. The van der Waals surface area contributed by atoms with Crippen molar-refractivity contribution < 1.29 is 35.9 Å². The summed E-state index contributed by atoms with van der Waals surface area (Å²) in [5.74, 6) is 0.404. The van der Waals surface area contributed by atoms with E-state index in [-0.39, 0.29) is 22.9 Å². The first-order valence-electron chi connectivity index (χ1n) is 9.67. The van der Waals surface area contributed by atoms with Crippen LogP contribution in [-0.4, -0.2) is 51.0 Å². The van der Waals surface area contributed by atoms with Crippen molar-refractivity contribution in [1.82, 2.24) is 15.4 Å². The minimum Gasteiger partial charge on any atom is -0.495 e. The van der Waals surface area contributed by atoms with Gasteiger partial charge in [0.15, 0.2) is 16.3 Å². The Hall–Kier alpha value is -4.07. The fourth-order valence-electron chi connectivity index (χ4n) is 3.14. The maximum atomic E-state index is 13.2. The van der Waals surface area contributed by atoms with Crippen molar-refractivity contribution in [3.8, 4) is 17.2 Å². The maximum absolute atomic E-state index is 13.2. The largest absolute Gasteiger partial charge is 0.495 e. The Bertz CT molecular complexity index is 1390. The molecule has 0 atom stereocenters. The number of anilines is 3. The van der Waals surface area contributed by atoms with Gasteiger partial charge in [0.1, 0.15) is 29.7 Å². The zero-order valence-corrected chi connectivity index (χ0v) is 18.7. The van der Waals surface area contributed by atoms with Gasteiger partial charge in [-0.2, -0.15) is 5.10 Å². The molecule has 4 aromatic rings. The molecule has 3 N–H and O–H groups in total. The highest BCUT2D eigenvalue weighted by molar-refractivity contribution is 7.93. The van der Waals surface area contributed by atoms with Crippen LogP contribution in [0, 0.1) is 0 Å². The monoisotopic (exact) mass is 495 g/mol. The molecule has 180 valence electrons. The van der Waals surface area contributed by atoms with Crippen molar-refractivity contribution >= 4 is 38.3 Å². The van der Waals surface area contributed by atoms with Gasteiger partial charge in [0.25, 0.3) is 16.4 Å². The molecule has 0 saturated heterocycles. The number of alkyl halides is 2. The van der Waals surface area contributed by atoms with Crippen molar-refractivity contribution in [3.05, 3.63) is 42.6 Å². The van der Waals surface area contributed by atoms with Gasteiger partial charge >= 0.3 is 0 Å². The summed E-state index contributed by atoms with van der Waals surface area (Å²) in [5.41, 5.74) is 0.756. The zero-order valence-electron chi connectivity index (χ0n) is 17.8. The van der Waals surface area contributed by atoms with E-state index in [9.17, 15) is 17.2 Å². The van der Waals surface area contributed by atoms with Crippen LogP contribution in [0.3, 0.4) is 0 Å². The molecule has 0 aliphatic heterocycles. The van der Waals surface area contributed by atoms with Crippen LogP contribution in [0.1, 0.15) is 0 Å². The van der Waals surface area contributed by atoms with Crippen LogP contribution in [-0.2, 0) is 10.0 Å². The van der Waals surface area contributed by atoms with Crippen molar-refractivity contribution in [1.29, 1.82) is 0 Å². The highest BCUT2D eigenvalue weighted by Gasteiger charge is 2.28. The summed E-state index contributed by atoms with van der Waals surface area (Å²) >= 11 is 0. The molecule has 11 nitrogen and oxygen atoms in total. The van der Waals surface area contributed by atoms with Crippen molar-refractivity contribution in [2.75, 3.05) is 30.9 Å². The average molecular weight is 495 g/mol. The predicted octanol–water partition coefficient (Wildman–Crippen LogP) is 3.76. The van der Waals surface area contributed by atoms with E-state index < -0.39 is 28.0 Å². The number of H-pyrrole nitrogens is 1. The molecule has 0 radical (unpaired) electrons. The first kappa shape index (κ1) is 23.1. The first-order valence-corrected chi connectivity index (χ1v) is 11.1. The van der Waals surface area contributed by atoms with Gasteiger partial charge in [-0.25, -0.2) is 17.2 Å². The van der Waals surface area contributed by atoms with Crippen molar-refractivity contribution in [2.45, 2.75) is 11.3 Å². The van der Waals surface area contributed by atoms with Crippen LogP contribution >= 0.6 is 0 Å². The third kappa shape index (κ3) is 4.66. The van der Waals surface area contributed by atoms with Gasteiger partial charge in [-0.1, -0.05) is 11.2 Å². The number of aromatic amines is 1. The molecular formula is C20H19F2N5O6S. The number of hydrogen-bond acceptors (Lipinski definition) is 9. The summed E-state index contributed by atoms with van der Waals surface area (Å²) < 4.78 is 74.9. The lowest BCUT2D eigenvalue weighted by atomic mass is 10.2. The summed E-state index contributed by atoms with van der Waals surface area (Å²) in [6.45, 7) is -0.994. The second-order valence-corrected chi connectivity index (χ2v) is 8.39. The second kappa shape index (κ2) is 9.43. The third-order valence-electron chi connectivity index (χ3n) is 4.59. The molecule has 34 heavy (non-hydrogen) atoms. The molecule has 2 heterocycles. The van der Waals surface area contributed by atoms with Gasteiger partial charge < -0.3 is 24.1 Å². The molecule has 0 spiro atoms. The average Bonchev–Trinajstić information content (AvgIpc) is 3.46. The molecular weight excluding hydrogens is 476 g/mol. The normalized spacial score (nSPS) is 11.6. The Balaban J connectivity index is 1.71. The standard InChI is InChI=1S/C20H19F2N5O6S/c1-30-13-4-3-5-14(32-10-17(21)22)19(13)34(28,29)27-20-11-8-16(31-2)12(9-15(11)33-26-20)24-18-6-7-23-25-18/h3-9,17H,10H2,1-2H3,(H,26,27)(H2,23,24,25). The predicted molar refractivity (Wildman–Crippen MR) is 118 cm³/mol. The SMILES string of the molecule is COc1cc2c(NS(=O)(=O)c3c(OC)cccc3OCC(F)F)noc2cc1Nc1ccn[nH]1. The van der Waals surface area contributed by atoms with Gasteiger partial charge in [0, 0.05) is 12.1 Å². The summed E-state index contributed by atoms with van der Waals surface area (Å²) in [5, 5.41) is 13.8. The lowest BCUT2D eigenvalue weighted by Gasteiger charge is -2.15. The van der Waals surface area contributed by atoms with Crippen LogP contribution < -0.4 is 24.2 Å². The highest BCUT2D eigenvalue weighted by Crippen LogP contribution is 2.38. The number of nitrogens with one attached hydrogen (secondary N) is 3. The van der Waals surface area contributed by atoms with E-state index in [1.165, 1.54) is 38.5 Å². The number of sulfonamides is 1. The summed E-state index contributed by atoms with van der Waals surface area (Å²) in [6, 6.07) is 8.82. The Kier molecular flexibility index (Phi) is 6.40. The van der Waals surface area contributed by atoms with Crippen LogP contribution in [0.4, 0.5) is 26.1 Å². The molecule has 0 unspecified atom stereocenters. The quantitative estimate of drug-likeness (QED) is 0.300. The molecule has 2 aromatic carbocycles. The Morgan fingerprint density at radius 3 is 2.56 bits per heavy atom. The first-order chi connectivity index (χ1) is 16.3. The topological polar surface area (TPSA) is 141 Å². The Morgan fingerprint density at radius 2 is 1.88 bits per heavy atom. The highest BCUT2D eigenvalue weighted by atomic mass is 32.2. The van der Waals surface area contributed by atoms with E-state index in [0.29, 0.717) is 22.6 Å². The van der Waals surface area contributed by atoms with Crippen molar-refractivity contribution in [3.63, 3.8) is 0 Å². The van der Waals surface area contributed by atoms with E-state index in [2.05, 4.69) is 25.4 Å². The molecule has 0 fully saturated rings. The smallest absolute Gasteiger partial charge is 0.272 e. The fourth-order valence-corrected chi connectivity index (χ4v) is 4.45. The van der Waals surface area contributed by atoms with Crippen LogP contribution in [0.5, 0.6) is 17.2 Å². The molecule has 0 bridgehead atoms. The van der Waals surface area contributed by atoms with E-state index in [1.807, 2.05) is 0 Å². The Morgan fingerprint density at radius 1 is 1.12 bits per heavy atom. The number of halogens is 2. The van der Waals surface area contributed by atoms with Gasteiger partial charge in [0.05, 0.1) is 31.5 Å². The van der Waals surface area contributed by atoms with Crippen LogP contribution in [0.2, 0.25) is 0 Å². The van der Waals surface area contributed by atoms with E-state index >= 15 is 0 Å². The number of fused-ring (bicyclic) bond motifs is 1. The minimum absolute atomic E-state index is 0.101. The number of benzene rings is 2. The maximum Gasteiger partial charge on any atom is 0.272 e. The van der Waals surface area contributed by atoms with Gasteiger partial charge in [-0.05, 0) is 18.2 Å². The summed E-state index contributed by atoms with van der Waals surface area (Å²) in [6.07, 6.45) is -1.24. The summed E-state index contributed by atoms with van der Waals surface area (Å²) in [4.78, 5) is -0.459. The molecule has 14 heteroatoms. The van der Waals surface area contributed by atoms with Gasteiger partial charge in [-0.3, -0.25) is 9.82 Å². The lowest BCUT2D eigenvalue weighted by Crippen LogP contribution is -2.17. The fraction of sp³-hybridized carbons (Fsp3) is 0.200. The molecule has 4 rings (SSSR count). The minimum atomic E-state index is -4.40. The third-order valence-corrected chi connectivity index (χ3v) is 5.99. The molecule has 0 saturated carbocycles. The van der Waals surface area contributed by atoms with E-state index in [1.54, 1.807) is 18.3 Å². The second-order valence-electron chi connectivity index (χ2n) is 6.77. The molecule has 0 aliphatic carbocycles. The molecule has 0 amide bonds. The van der Waals surface area contributed by atoms with E-state index in [4.69, 9.17) is 18.7 Å². The number of hydrogen-bond donors (Lipinski definition) is 3. The van der Waals surface area contributed by atoms with Crippen LogP contribution in [0.15, 0.2) is 52.0 Å². The van der Waals surface area contributed by atoms with Crippen LogP contribution in [0.25, 0.3) is 11.0 Å². The number of nitrogens with zero attached hydrogens (tertiary/aromatic N) is 2. The molecule has 0 aliphatic rings. The lowest BCUT2D eigenvalue weighted by molar-refractivity contribution is 0.0801. The number of ether oxygens (including phenoxy) is 3. The molecule has 2 aromatic heterocycles. The summed E-state index contributed by atoms with van der Waals surface area (Å²) in [7, 11) is -1.72.